The number of benzene rings is 2. The molecule has 0 atom stereocenters. The topological polar surface area (TPSA) is 86.1 Å². The molecule has 0 unspecified atom stereocenters. The summed E-state index contributed by atoms with van der Waals surface area (Å²) in [5.41, 5.74) is 1.31. The first kappa shape index (κ1) is 20.8. The maximum Gasteiger partial charge on any atom is 0.336 e. The normalized spacial score (nSPS) is 11.6. The smallest absolute Gasteiger partial charge is 0.336 e. The maximum absolute atomic E-state index is 14.4. The zero-order valence-electron chi connectivity index (χ0n) is 16.5. The third-order valence-electron chi connectivity index (χ3n) is 4.01. The van der Waals surface area contributed by atoms with Crippen molar-refractivity contribution in [2.24, 2.45) is 5.92 Å². The van der Waals surface area contributed by atoms with Gasteiger partial charge in [-0.15, -0.1) is 5.10 Å². The lowest BCUT2D eigenvalue weighted by Crippen LogP contribution is -2.14. The van der Waals surface area contributed by atoms with Crippen LogP contribution in [0.5, 0.6) is 6.01 Å². The zero-order valence-corrected chi connectivity index (χ0v) is 17.3. The van der Waals surface area contributed by atoms with E-state index < -0.39 is 15.8 Å². The van der Waals surface area contributed by atoms with Crippen LogP contribution in [0.3, 0.4) is 0 Å². The van der Waals surface area contributed by atoms with Crippen LogP contribution in [0.4, 0.5) is 10.1 Å². The van der Waals surface area contributed by atoms with Gasteiger partial charge >= 0.3 is 6.01 Å². The van der Waals surface area contributed by atoms with Crippen LogP contribution < -0.4 is 9.46 Å². The van der Waals surface area contributed by atoms with Crippen molar-refractivity contribution in [1.82, 2.24) is 14.8 Å². The molecule has 0 bridgehead atoms. The molecule has 1 heterocycles. The molecule has 154 valence electrons. The van der Waals surface area contributed by atoms with Crippen LogP contribution in [-0.2, 0) is 10.0 Å². The minimum Gasteiger partial charge on any atom is -0.462 e. The van der Waals surface area contributed by atoms with Gasteiger partial charge in [0.1, 0.15) is 5.82 Å². The number of ether oxygens (including phenoxy) is 1. The monoisotopic (exact) mass is 418 g/mol. The number of nitrogens with one attached hydrogen (secondary N) is 1. The molecule has 29 heavy (non-hydrogen) atoms. The molecular weight excluding hydrogens is 395 g/mol. The van der Waals surface area contributed by atoms with E-state index in [-0.39, 0.29) is 23.2 Å². The van der Waals surface area contributed by atoms with Crippen LogP contribution >= 0.6 is 0 Å². The number of sulfonamides is 1. The molecule has 2 aromatic carbocycles. The average molecular weight is 418 g/mol. The summed E-state index contributed by atoms with van der Waals surface area (Å²) in [5, 5.41) is 4.37. The van der Waals surface area contributed by atoms with Crippen LogP contribution in [0.15, 0.2) is 48.5 Å². The molecule has 0 saturated heterocycles. The van der Waals surface area contributed by atoms with Crippen molar-refractivity contribution >= 4 is 15.7 Å². The quantitative estimate of drug-likeness (QED) is 0.600. The van der Waals surface area contributed by atoms with E-state index in [1.165, 1.54) is 10.7 Å². The summed E-state index contributed by atoms with van der Waals surface area (Å²) in [6, 6.07) is 13.0. The fourth-order valence-electron chi connectivity index (χ4n) is 2.51. The maximum atomic E-state index is 14.4. The first-order valence-electron chi connectivity index (χ1n) is 9.24. The van der Waals surface area contributed by atoms with Gasteiger partial charge in [-0.05, 0) is 49.2 Å². The summed E-state index contributed by atoms with van der Waals surface area (Å²) < 4.78 is 47.4. The number of anilines is 1. The Kier molecular flexibility index (Phi) is 6.17. The summed E-state index contributed by atoms with van der Waals surface area (Å²) in [6.45, 7) is 6.00. The van der Waals surface area contributed by atoms with Gasteiger partial charge in [0.25, 0.3) is 0 Å². The fraction of sp³-hybridized carbons (Fsp3) is 0.300. The van der Waals surface area contributed by atoms with Gasteiger partial charge in [-0.1, -0.05) is 26.0 Å². The molecule has 0 radical (unpaired) electrons. The lowest BCUT2D eigenvalue weighted by molar-refractivity contribution is 0.251. The third-order valence-corrected chi connectivity index (χ3v) is 5.32. The van der Waals surface area contributed by atoms with E-state index in [1.807, 2.05) is 13.8 Å². The number of hydrogen-bond donors (Lipinski definition) is 1. The standard InChI is InChI=1S/C20H23FN4O3S/c1-4-29(26,27)24-15-9-11-16(12-10-15)25-19(17-7-5-6-8-18(17)21)22-20(23-25)28-13-14(2)3/h5-12,14,24H,4,13H2,1-3H3. The molecule has 0 amide bonds. The Balaban J connectivity index is 2.00. The minimum atomic E-state index is -3.37. The number of hydrogen-bond acceptors (Lipinski definition) is 5. The van der Waals surface area contributed by atoms with E-state index in [4.69, 9.17) is 4.74 Å². The molecule has 0 aliphatic heterocycles. The number of rotatable bonds is 8. The lowest BCUT2D eigenvalue weighted by atomic mass is 10.2. The molecular formula is C20H23FN4O3S. The van der Waals surface area contributed by atoms with Crippen molar-refractivity contribution in [2.45, 2.75) is 20.8 Å². The van der Waals surface area contributed by atoms with Gasteiger partial charge in [0.2, 0.25) is 10.0 Å². The summed E-state index contributed by atoms with van der Waals surface area (Å²) in [4.78, 5) is 4.36. The highest BCUT2D eigenvalue weighted by Gasteiger charge is 2.18. The van der Waals surface area contributed by atoms with Crippen LogP contribution in [0, 0.1) is 11.7 Å². The van der Waals surface area contributed by atoms with Crippen LogP contribution in [0.2, 0.25) is 0 Å². The van der Waals surface area contributed by atoms with Gasteiger partial charge in [-0.3, -0.25) is 4.72 Å². The van der Waals surface area contributed by atoms with E-state index in [2.05, 4.69) is 14.8 Å². The predicted molar refractivity (Wildman–Crippen MR) is 110 cm³/mol. The summed E-state index contributed by atoms with van der Waals surface area (Å²) in [5.74, 6) is 0.128. The molecule has 3 rings (SSSR count). The SMILES string of the molecule is CCS(=O)(=O)Nc1ccc(-n2nc(OCC(C)C)nc2-c2ccccc2F)cc1. The minimum absolute atomic E-state index is 0.0220. The summed E-state index contributed by atoms with van der Waals surface area (Å²) >= 11 is 0. The molecule has 0 aliphatic carbocycles. The fourth-order valence-corrected chi connectivity index (χ4v) is 3.15. The van der Waals surface area contributed by atoms with Crippen LogP contribution in [0.1, 0.15) is 20.8 Å². The molecule has 0 saturated carbocycles. The van der Waals surface area contributed by atoms with E-state index in [0.717, 1.165) is 0 Å². The molecule has 7 nitrogen and oxygen atoms in total. The van der Waals surface area contributed by atoms with Crippen molar-refractivity contribution in [3.8, 4) is 23.1 Å². The second-order valence-corrected chi connectivity index (χ2v) is 8.88. The second-order valence-electron chi connectivity index (χ2n) is 6.87. The summed E-state index contributed by atoms with van der Waals surface area (Å²) in [7, 11) is -3.37. The first-order chi connectivity index (χ1) is 13.8. The predicted octanol–water partition coefficient (Wildman–Crippen LogP) is 3.87. The third kappa shape index (κ3) is 5.11. The van der Waals surface area contributed by atoms with Crippen molar-refractivity contribution in [3.05, 3.63) is 54.3 Å². The first-order valence-corrected chi connectivity index (χ1v) is 10.9. The van der Waals surface area contributed by atoms with Gasteiger partial charge in [0.15, 0.2) is 5.82 Å². The Morgan fingerprint density at radius 1 is 1.14 bits per heavy atom. The second kappa shape index (κ2) is 8.60. The highest BCUT2D eigenvalue weighted by Crippen LogP contribution is 2.26. The highest BCUT2D eigenvalue weighted by molar-refractivity contribution is 7.92. The zero-order chi connectivity index (χ0) is 21.0. The largest absolute Gasteiger partial charge is 0.462 e. The Morgan fingerprint density at radius 3 is 2.45 bits per heavy atom. The number of aromatic nitrogens is 3. The lowest BCUT2D eigenvalue weighted by Gasteiger charge is -2.09. The molecule has 1 N–H and O–H groups in total. The Bertz CT molecular complexity index is 1080. The van der Waals surface area contributed by atoms with Crippen LogP contribution in [-0.4, -0.2) is 35.5 Å². The Labute approximate surface area is 169 Å². The van der Waals surface area contributed by atoms with Gasteiger partial charge in [0, 0.05) is 5.69 Å². The molecule has 1 aromatic heterocycles. The highest BCUT2D eigenvalue weighted by atomic mass is 32.2. The molecule has 3 aromatic rings. The van der Waals surface area contributed by atoms with Crippen molar-refractivity contribution in [1.29, 1.82) is 0 Å². The number of nitrogens with zero attached hydrogens (tertiary/aromatic N) is 3. The number of halogens is 1. The average Bonchev–Trinajstić information content (AvgIpc) is 3.11. The summed E-state index contributed by atoms with van der Waals surface area (Å²) in [6.07, 6.45) is 0. The van der Waals surface area contributed by atoms with Crippen LogP contribution in [0.25, 0.3) is 17.1 Å². The van der Waals surface area contributed by atoms with Gasteiger partial charge < -0.3 is 4.74 Å². The van der Waals surface area contributed by atoms with E-state index in [9.17, 15) is 12.8 Å². The van der Waals surface area contributed by atoms with E-state index in [1.54, 1.807) is 49.4 Å². The van der Waals surface area contributed by atoms with Crippen molar-refractivity contribution in [3.63, 3.8) is 0 Å². The van der Waals surface area contributed by atoms with Crippen molar-refractivity contribution in [2.75, 3.05) is 17.1 Å². The molecule has 0 fully saturated rings. The Morgan fingerprint density at radius 2 is 1.83 bits per heavy atom. The van der Waals surface area contributed by atoms with E-state index >= 15 is 0 Å². The molecule has 0 aliphatic rings. The van der Waals surface area contributed by atoms with Crippen molar-refractivity contribution < 1.29 is 17.5 Å². The van der Waals surface area contributed by atoms with Gasteiger partial charge in [-0.25, -0.2) is 17.5 Å². The van der Waals surface area contributed by atoms with Gasteiger partial charge in [0.05, 0.1) is 23.6 Å². The molecule has 0 spiro atoms. The van der Waals surface area contributed by atoms with E-state index in [0.29, 0.717) is 23.8 Å². The van der Waals surface area contributed by atoms with Gasteiger partial charge in [-0.2, -0.15) is 4.98 Å². The molecule has 9 heteroatoms. The Hall–Kier alpha value is -2.94.